The molecule has 2 rings (SSSR count). The molecule has 8 heteroatoms. The minimum Gasteiger partial charge on any atom is -0.400 e. The van der Waals surface area contributed by atoms with Gasteiger partial charge >= 0.3 is 7.12 Å². The number of benzene rings is 1. The van der Waals surface area contributed by atoms with Gasteiger partial charge in [0.25, 0.3) is 0 Å². The van der Waals surface area contributed by atoms with E-state index in [1.54, 1.807) is 0 Å². The van der Waals surface area contributed by atoms with Crippen molar-refractivity contribution in [2.45, 2.75) is 45.8 Å². The number of carbonyl (C=O) groups excluding carboxylic acids is 1. The van der Waals surface area contributed by atoms with Gasteiger partial charge in [-0.15, -0.1) is 0 Å². The van der Waals surface area contributed by atoms with E-state index in [0.717, 1.165) is 12.1 Å². The first-order valence-electron chi connectivity index (χ1n) is 7.98. The molecule has 0 saturated carbocycles. The molecular formula is C17H23BF2N2O3. The number of hydrogen-bond donors (Lipinski definition) is 2. The maximum absolute atomic E-state index is 13.7. The number of anilines is 1. The summed E-state index contributed by atoms with van der Waals surface area (Å²) < 4.78 is 39.2. The molecule has 0 bridgehead atoms. The summed E-state index contributed by atoms with van der Waals surface area (Å²) in [7, 11) is -0.775. The number of rotatable bonds is 4. The molecule has 5 nitrogen and oxygen atoms in total. The summed E-state index contributed by atoms with van der Waals surface area (Å²) in [5, 5.41) is 2.65. The molecule has 1 amide bonds. The SMILES string of the molecule is CC(=O)NCC(=Cc1cc(F)cc(F)c1N)B1OC(C)(C)C(C)(C)O1. The Hall–Kier alpha value is -1.93. The van der Waals surface area contributed by atoms with Crippen molar-refractivity contribution in [2.24, 2.45) is 0 Å². The van der Waals surface area contributed by atoms with Crippen LogP contribution in [-0.4, -0.2) is 30.8 Å². The summed E-state index contributed by atoms with van der Waals surface area (Å²) in [5.41, 5.74) is 5.01. The molecule has 1 aliphatic heterocycles. The molecule has 1 aliphatic rings. The first kappa shape index (κ1) is 19.4. The Kier molecular flexibility index (Phi) is 5.25. The molecule has 1 aromatic rings. The van der Waals surface area contributed by atoms with Crippen LogP contribution in [-0.2, 0) is 14.1 Å². The normalized spacial score (nSPS) is 19.2. The molecule has 0 radical (unpaired) electrons. The summed E-state index contributed by atoms with van der Waals surface area (Å²) in [5.74, 6) is -1.84. The molecule has 25 heavy (non-hydrogen) atoms. The van der Waals surface area contributed by atoms with Crippen molar-refractivity contribution in [1.82, 2.24) is 5.32 Å². The highest BCUT2D eigenvalue weighted by Gasteiger charge is 2.52. The first-order chi connectivity index (χ1) is 11.4. The molecule has 136 valence electrons. The zero-order valence-corrected chi connectivity index (χ0v) is 15.1. The summed E-state index contributed by atoms with van der Waals surface area (Å²) in [4.78, 5) is 11.3. The predicted molar refractivity (Wildman–Crippen MR) is 93.5 cm³/mol. The fourth-order valence-corrected chi connectivity index (χ4v) is 2.35. The van der Waals surface area contributed by atoms with Gasteiger partial charge in [-0.3, -0.25) is 4.79 Å². The van der Waals surface area contributed by atoms with E-state index in [0.29, 0.717) is 5.47 Å². The van der Waals surface area contributed by atoms with E-state index in [2.05, 4.69) is 5.32 Å². The maximum Gasteiger partial charge on any atom is 0.492 e. The van der Waals surface area contributed by atoms with Gasteiger partial charge in [0, 0.05) is 25.1 Å². The van der Waals surface area contributed by atoms with Crippen molar-refractivity contribution in [1.29, 1.82) is 0 Å². The summed E-state index contributed by atoms with van der Waals surface area (Å²) in [6.45, 7) is 9.03. The quantitative estimate of drug-likeness (QED) is 0.646. The topological polar surface area (TPSA) is 73.6 Å². The molecule has 0 aromatic heterocycles. The van der Waals surface area contributed by atoms with E-state index < -0.39 is 30.0 Å². The van der Waals surface area contributed by atoms with Crippen LogP contribution in [0.25, 0.3) is 6.08 Å². The Morgan fingerprint density at radius 3 is 2.32 bits per heavy atom. The lowest BCUT2D eigenvalue weighted by Crippen LogP contribution is -2.41. The second-order valence-corrected chi connectivity index (χ2v) is 7.11. The van der Waals surface area contributed by atoms with Gasteiger partial charge in [-0.25, -0.2) is 8.78 Å². The Morgan fingerprint density at radius 1 is 1.24 bits per heavy atom. The second-order valence-electron chi connectivity index (χ2n) is 7.11. The molecule has 1 heterocycles. The van der Waals surface area contributed by atoms with Gasteiger partial charge in [0.1, 0.15) is 11.6 Å². The van der Waals surface area contributed by atoms with Crippen molar-refractivity contribution in [3.63, 3.8) is 0 Å². The Morgan fingerprint density at radius 2 is 1.80 bits per heavy atom. The van der Waals surface area contributed by atoms with Gasteiger partial charge in [0.05, 0.1) is 16.9 Å². The van der Waals surface area contributed by atoms with Crippen molar-refractivity contribution in [2.75, 3.05) is 12.3 Å². The van der Waals surface area contributed by atoms with Crippen LogP contribution in [0.1, 0.15) is 40.2 Å². The Balaban J connectivity index is 2.42. The van der Waals surface area contributed by atoms with E-state index in [9.17, 15) is 13.6 Å². The first-order valence-corrected chi connectivity index (χ1v) is 7.98. The number of hydrogen-bond acceptors (Lipinski definition) is 4. The highest BCUT2D eigenvalue weighted by atomic mass is 19.1. The third kappa shape index (κ3) is 4.19. The highest BCUT2D eigenvalue weighted by Crippen LogP contribution is 2.39. The number of amides is 1. The third-order valence-electron chi connectivity index (χ3n) is 4.56. The van der Waals surface area contributed by atoms with Crippen LogP contribution in [0.4, 0.5) is 14.5 Å². The fourth-order valence-electron chi connectivity index (χ4n) is 2.35. The summed E-state index contributed by atoms with van der Waals surface area (Å²) >= 11 is 0. The lowest BCUT2D eigenvalue weighted by molar-refractivity contribution is -0.118. The molecule has 3 N–H and O–H groups in total. The molecule has 1 aromatic carbocycles. The Labute approximate surface area is 146 Å². The van der Waals surface area contributed by atoms with E-state index in [-0.39, 0.29) is 23.7 Å². The van der Waals surface area contributed by atoms with Gasteiger partial charge in [0.2, 0.25) is 5.91 Å². The fraction of sp³-hybridized carbons (Fsp3) is 0.471. The van der Waals surface area contributed by atoms with Crippen molar-refractivity contribution >= 4 is 24.8 Å². The molecular weight excluding hydrogens is 329 g/mol. The van der Waals surface area contributed by atoms with Gasteiger partial charge in [-0.2, -0.15) is 0 Å². The van der Waals surface area contributed by atoms with Crippen molar-refractivity contribution in [3.05, 3.63) is 34.8 Å². The molecule has 1 saturated heterocycles. The average Bonchev–Trinajstić information content (AvgIpc) is 2.68. The monoisotopic (exact) mass is 352 g/mol. The van der Waals surface area contributed by atoms with E-state index in [4.69, 9.17) is 15.0 Å². The molecule has 0 atom stereocenters. The zero-order valence-electron chi connectivity index (χ0n) is 15.1. The lowest BCUT2D eigenvalue weighted by atomic mass is 9.76. The smallest absolute Gasteiger partial charge is 0.400 e. The standard InChI is InChI=1S/C17H23BF2N2O3/c1-10(23)22-9-12(18-24-16(2,3)17(4,5)25-18)6-11-7-13(19)8-14(20)15(11)21/h6-8H,9,21H2,1-5H3,(H,22,23). The maximum atomic E-state index is 13.7. The number of halogens is 2. The number of nitrogens with two attached hydrogens (primary N) is 1. The third-order valence-corrected chi connectivity index (χ3v) is 4.56. The summed E-state index contributed by atoms with van der Waals surface area (Å²) in [6, 6.07) is 1.84. The van der Waals surface area contributed by atoms with Crippen LogP contribution < -0.4 is 11.1 Å². The van der Waals surface area contributed by atoms with Crippen LogP contribution in [0, 0.1) is 11.6 Å². The molecule has 0 unspecified atom stereocenters. The van der Waals surface area contributed by atoms with Gasteiger partial charge in [-0.1, -0.05) is 6.08 Å². The predicted octanol–water partition coefficient (Wildman–Crippen LogP) is 2.70. The minimum atomic E-state index is -0.848. The molecule has 1 fully saturated rings. The van der Waals surface area contributed by atoms with Crippen LogP contribution in [0.2, 0.25) is 0 Å². The van der Waals surface area contributed by atoms with Crippen molar-refractivity contribution < 1.29 is 22.9 Å². The number of nitrogen functional groups attached to an aromatic ring is 1. The van der Waals surface area contributed by atoms with Crippen LogP contribution in [0.3, 0.4) is 0 Å². The largest absolute Gasteiger partial charge is 0.492 e. The lowest BCUT2D eigenvalue weighted by Gasteiger charge is -2.32. The second kappa shape index (κ2) is 6.76. The number of nitrogens with one attached hydrogen (secondary N) is 1. The van der Waals surface area contributed by atoms with E-state index in [1.165, 1.54) is 13.0 Å². The molecule has 0 aliphatic carbocycles. The number of carbonyl (C=O) groups is 1. The van der Waals surface area contributed by atoms with Crippen LogP contribution >= 0.6 is 0 Å². The van der Waals surface area contributed by atoms with E-state index >= 15 is 0 Å². The van der Waals surface area contributed by atoms with Crippen LogP contribution in [0.5, 0.6) is 0 Å². The Bertz CT molecular complexity index is 704. The van der Waals surface area contributed by atoms with Crippen molar-refractivity contribution in [3.8, 4) is 0 Å². The van der Waals surface area contributed by atoms with Gasteiger partial charge in [-0.05, 0) is 39.2 Å². The molecule has 0 spiro atoms. The average molecular weight is 352 g/mol. The van der Waals surface area contributed by atoms with E-state index in [1.807, 2.05) is 27.7 Å². The minimum absolute atomic E-state index is 0.101. The van der Waals surface area contributed by atoms with Gasteiger partial charge < -0.3 is 20.4 Å². The van der Waals surface area contributed by atoms with Crippen LogP contribution in [0.15, 0.2) is 17.6 Å². The zero-order chi connectivity index (χ0) is 19.0. The highest BCUT2D eigenvalue weighted by molar-refractivity contribution is 6.56. The van der Waals surface area contributed by atoms with Gasteiger partial charge in [0.15, 0.2) is 0 Å². The summed E-state index contributed by atoms with van der Waals surface area (Å²) in [6.07, 6.45) is 1.49.